The maximum absolute atomic E-state index is 10.5. The fraction of sp³-hybridized carbons (Fsp3) is 0.789. The summed E-state index contributed by atoms with van der Waals surface area (Å²) in [6, 6.07) is 2.26. The third kappa shape index (κ3) is 2.56. The molecular weight excluding hydrogens is 258 g/mol. The van der Waals surface area contributed by atoms with E-state index in [1.165, 1.54) is 49.2 Å². The van der Waals surface area contributed by atoms with E-state index in [1.54, 1.807) is 0 Å². The fourth-order valence-corrected chi connectivity index (χ4v) is 4.60. The molecule has 0 spiro atoms. The van der Waals surface area contributed by atoms with Crippen LogP contribution in [0.4, 0.5) is 0 Å². The molecule has 1 aromatic rings. The Hall–Kier alpha value is -0.760. The van der Waals surface area contributed by atoms with Crippen LogP contribution in [0.3, 0.4) is 0 Å². The predicted molar refractivity (Wildman–Crippen MR) is 85.2 cm³/mol. The molecule has 2 saturated carbocycles. The van der Waals surface area contributed by atoms with Crippen LogP contribution in [-0.2, 0) is 13.0 Å². The lowest BCUT2D eigenvalue weighted by Gasteiger charge is -2.34. The van der Waals surface area contributed by atoms with Crippen LogP contribution in [0.5, 0.6) is 0 Å². The van der Waals surface area contributed by atoms with Gasteiger partial charge in [0.05, 0.1) is 6.10 Å². The summed E-state index contributed by atoms with van der Waals surface area (Å²) in [7, 11) is 0. The fourth-order valence-electron chi connectivity index (χ4n) is 4.60. The van der Waals surface area contributed by atoms with Crippen molar-refractivity contribution < 1.29 is 5.11 Å². The lowest BCUT2D eigenvalue weighted by molar-refractivity contribution is 0.0974. The largest absolute Gasteiger partial charge is 0.388 e. The molecule has 1 N–H and O–H groups in total. The molecule has 0 bridgehead atoms. The highest BCUT2D eigenvalue weighted by Gasteiger charge is 2.42. The van der Waals surface area contributed by atoms with Crippen LogP contribution in [0, 0.1) is 30.1 Å². The molecule has 0 aromatic carbocycles. The molecule has 0 amide bonds. The number of aliphatic hydroxyl groups is 1. The van der Waals surface area contributed by atoms with Crippen molar-refractivity contribution in [2.75, 3.05) is 0 Å². The maximum atomic E-state index is 10.5. The maximum Gasteiger partial charge on any atom is 0.0812 e. The minimum atomic E-state index is -0.260. The molecule has 0 saturated heterocycles. The summed E-state index contributed by atoms with van der Waals surface area (Å²) < 4.78 is 2.57. The van der Waals surface area contributed by atoms with E-state index in [4.69, 9.17) is 0 Å². The third-order valence-corrected chi connectivity index (χ3v) is 6.05. The Balaban J connectivity index is 1.66. The van der Waals surface area contributed by atoms with Crippen molar-refractivity contribution in [3.63, 3.8) is 0 Å². The van der Waals surface area contributed by atoms with E-state index < -0.39 is 0 Å². The van der Waals surface area contributed by atoms with Gasteiger partial charge in [-0.25, -0.2) is 0 Å². The molecule has 4 rings (SSSR count). The molecule has 1 unspecified atom stereocenters. The van der Waals surface area contributed by atoms with Crippen molar-refractivity contribution in [1.29, 1.82) is 0 Å². The summed E-state index contributed by atoms with van der Waals surface area (Å²) in [5.74, 6) is 2.90. The average molecular weight is 287 g/mol. The number of nitrogens with zero attached hydrogens (tertiary/aromatic N) is 1. The van der Waals surface area contributed by atoms with Crippen LogP contribution in [0.15, 0.2) is 6.07 Å². The molecule has 1 atom stereocenters. The summed E-state index contributed by atoms with van der Waals surface area (Å²) in [6.45, 7) is 8.03. The van der Waals surface area contributed by atoms with E-state index >= 15 is 0 Å². The Labute approximate surface area is 128 Å². The van der Waals surface area contributed by atoms with E-state index in [0.717, 1.165) is 30.6 Å². The van der Waals surface area contributed by atoms with Crippen molar-refractivity contribution >= 4 is 0 Å². The first-order valence-electron chi connectivity index (χ1n) is 8.81. The zero-order chi connectivity index (χ0) is 14.8. The smallest absolute Gasteiger partial charge is 0.0812 e. The minimum absolute atomic E-state index is 0.226. The molecular formula is C19H29NO. The van der Waals surface area contributed by atoms with Crippen molar-refractivity contribution in [1.82, 2.24) is 4.57 Å². The van der Waals surface area contributed by atoms with Gasteiger partial charge in [0.15, 0.2) is 0 Å². The number of hydrogen-bond donors (Lipinski definition) is 1. The molecule has 116 valence electrons. The van der Waals surface area contributed by atoms with Crippen LogP contribution in [0.25, 0.3) is 0 Å². The van der Waals surface area contributed by atoms with Gasteiger partial charge in [0, 0.05) is 23.5 Å². The monoisotopic (exact) mass is 287 g/mol. The van der Waals surface area contributed by atoms with Crippen molar-refractivity contribution in [3.8, 4) is 0 Å². The topological polar surface area (TPSA) is 25.2 Å². The van der Waals surface area contributed by atoms with Gasteiger partial charge < -0.3 is 9.67 Å². The van der Waals surface area contributed by atoms with E-state index in [-0.39, 0.29) is 11.5 Å². The van der Waals surface area contributed by atoms with Gasteiger partial charge in [0.2, 0.25) is 0 Å². The van der Waals surface area contributed by atoms with Crippen molar-refractivity contribution in [2.24, 2.45) is 23.2 Å². The average Bonchev–Trinajstić information content (AvgIpc) is 3.26. The van der Waals surface area contributed by atoms with Gasteiger partial charge in [-0.1, -0.05) is 13.8 Å². The third-order valence-electron chi connectivity index (χ3n) is 6.05. The van der Waals surface area contributed by atoms with E-state index in [9.17, 15) is 5.11 Å². The Kier molecular flexibility index (Phi) is 3.05. The summed E-state index contributed by atoms with van der Waals surface area (Å²) in [6.07, 6.45) is 7.59. The second-order valence-corrected chi connectivity index (χ2v) is 8.70. The highest BCUT2D eigenvalue weighted by Crippen LogP contribution is 2.51. The summed E-state index contributed by atoms with van der Waals surface area (Å²) in [5, 5.41) is 10.5. The Morgan fingerprint density at radius 1 is 1.24 bits per heavy atom. The molecule has 3 aliphatic carbocycles. The highest BCUT2D eigenvalue weighted by atomic mass is 16.3. The van der Waals surface area contributed by atoms with Crippen molar-refractivity contribution in [2.45, 2.75) is 71.9 Å². The van der Waals surface area contributed by atoms with Gasteiger partial charge in [-0.15, -0.1) is 0 Å². The van der Waals surface area contributed by atoms with Crippen LogP contribution < -0.4 is 0 Å². The van der Waals surface area contributed by atoms with Gasteiger partial charge in [-0.05, 0) is 74.7 Å². The number of fused-ring (bicyclic) bond motifs is 1. The van der Waals surface area contributed by atoms with Crippen molar-refractivity contribution in [3.05, 3.63) is 23.0 Å². The Morgan fingerprint density at radius 2 is 1.86 bits per heavy atom. The standard InChI is InChI=1S/C19H29NO/c1-12-8-15-17(9-19(2,3)10-18(15)21)20(12)11-16(13-4-5-13)14-6-7-14/h8,13-14,16,18,21H,4-7,9-11H2,1-3H3. The number of hydrogen-bond acceptors (Lipinski definition) is 1. The first kappa shape index (κ1) is 13.9. The molecule has 2 fully saturated rings. The van der Waals surface area contributed by atoms with Gasteiger partial charge in [0.25, 0.3) is 0 Å². The number of aromatic nitrogens is 1. The van der Waals surface area contributed by atoms with E-state index in [2.05, 4.69) is 31.4 Å². The summed E-state index contributed by atoms with van der Waals surface area (Å²) >= 11 is 0. The molecule has 3 aliphatic rings. The quantitative estimate of drug-likeness (QED) is 0.880. The molecule has 0 radical (unpaired) electrons. The molecule has 21 heavy (non-hydrogen) atoms. The highest BCUT2D eigenvalue weighted by molar-refractivity contribution is 5.33. The van der Waals surface area contributed by atoms with Gasteiger partial charge in [-0.2, -0.15) is 0 Å². The molecule has 0 aliphatic heterocycles. The first-order chi connectivity index (χ1) is 9.94. The van der Waals surface area contributed by atoms with Crippen LogP contribution in [-0.4, -0.2) is 9.67 Å². The zero-order valence-electron chi connectivity index (χ0n) is 13.7. The van der Waals surface area contributed by atoms with Gasteiger partial charge in [-0.3, -0.25) is 0 Å². The molecule has 2 nitrogen and oxygen atoms in total. The second-order valence-electron chi connectivity index (χ2n) is 8.70. The summed E-state index contributed by atoms with van der Waals surface area (Å²) in [5.41, 5.74) is 4.24. The van der Waals surface area contributed by atoms with Crippen LogP contribution in [0.1, 0.15) is 69.0 Å². The zero-order valence-corrected chi connectivity index (χ0v) is 13.7. The van der Waals surface area contributed by atoms with Crippen LogP contribution >= 0.6 is 0 Å². The van der Waals surface area contributed by atoms with Gasteiger partial charge >= 0.3 is 0 Å². The van der Waals surface area contributed by atoms with E-state index in [0.29, 0.717) is 0 Å². The number of aryl methyl sites for hydroxylation is 1. The van der Waals surface area contributed by atoms with E-state index in [1.807, 2.05) is 0 Å². The molecule has 2 heteroatoms. The Morgan fingerprint density at radius 3 is 2.43 bits per heavy atom. The minimum Gasteiger partial charge on any atom is -0.388 e. The van der Waals surface area contributed by atoms with Gasteiger partial charge in [0.1, 0.15) is 0 Å². The normalized spacial score (nSPS) is 28.0. The Bertz CT molecular complexity index is 536. The number of rotatable bonds is 4. The lowest BCUT2D eigenvalue weighted by Crippen LogP contribution is -2.28. The molecule has 1 aromatic heterocycles. The summed E-state index contributed by atoms with van der Waals surface area (Å²) in [4.78, 5) is 0. The predicted octanol–water partition coefficient (Wildman–Crippen LogP) is 4.24. The SMILES string of the molecule is Cc1cc2c(n1CC(C1CC1)C1CC1)CC(C)(C)CC2O. The lowest BCUT2D eigenvalue weighted by atomic mass is 9.75. The number of aliphatic hydroxyl groups excluding tert-OH is 1. The first-order valence-corrected chi connectivity index (χ1v) is 8.81. The molecule has 1 heterocycles. The second kappa shape index (κ2) is 4.62. The van der Waals surface area contributed by atoms with Crippen LogP contribution in [0.2, 0.25) is 0 Å².